The maximum atomic E-state index is 11.8. The third-order valence-corrected chi connectivity index (χ3v) is 3.98. The van der Waals surface area contributed by atoms with Crippen molar-refractivity contribution >= 4 is 37.6 Å². The first kappa shape index (κ1) is 15.7. The average Bonchev–Trinajstić information content (AvgIpc) is 2.94. The van der Waals surface area contributed by atoms with Crippen LogP contribution in [0.5, 0.6) is 0 Å². The van der Waals surface area contributed by atoms with Crippen molar-refractivity contribution in [2.45, 2.75) is 13.3 Å². The van der Waals surface area contributed by atoms with Gasteiger partial charge >= 0.3 is 17.9 Å². The van der Waals surface area contributed by atoms with E-state index in [0.29, 0.717) is 0 Å². The second kappa shape index (κ2) is 5.98. The molecular weight excluding hydrogens is 326 g/mol. The van der Waals surface area contributed by atoms with E-state index < -0.39 is 20.9 Å². The fraction of sp³-hybridized carbons (Fsp3) is 0.600. The van der Waals surface area contributed by atoms with Crippen molar-refractivity contribution in [2.24, 2.45) is 5.92 Å². The van der Waals surface area contributed by atoms with Crippen LogP contribution >= 0.6 is 10.7 Å². The first-order chi connectivity index (χ1) is 9.80. The van der Waals surface area contributed by atoms with Crippen LogP contribution in [-0.2, 0) is 18.6 Å². The number of esters is 1. The van der Waals surface area contributed by atoms with E-state index in [2.05, 4.69) is 14.9 Å². The van der Waals surface area contributed by atoms with E-state index in [-0.39, 0.29) is 43.1 Å². The zero-order valence-corrected chi connectivity index (χ0v) is 12.6. The van der Waals surface area contributed by atoms with Crippen molar-refractivity contribution in [3.63, 3.8) is 0 Å². The summed E-state index contributed by atoms with van der Waals surface area (Å²) in [4.78, 5) is 24.3. The second-order valence-corrected chi connectivity index (χ2v) is 7.21. The van der Waals surface area contributed by atoms with E-state index in [4.69, 9.17) is 15.1 Å². The molecule has 1 aromatic heterocycles. The van der Waals surface area contributed by atoms with Gasteiger partial charge in [0, 0.05) is 29.6 Å². The number of anilines is 1. The van der Waals surface area contributed by atoms with E-state index in [1.165, 1.54) is 0 Å². The maximum absolute atomic E-state index is 11.8. The highest BCUT2D eigenvalue weighted by molar-refractivity contribution is 8.13. The third-order valence-electron chi connectivity index (χ3n) is 2.74. The van der Waals surface area contributed by atoms with Crippen molar-refractivity contribution in [1.82, 2.24) is 10.2 Å². The molecule has 21 heavy (non-hydrogen) atoms. The van der Waals surface area contributed by atoms with Crippen LogP contribution in [0.1, 0.15) is 24.0 Å². The van der Waals surface area contributed by atoms with Crippen LogP contribution in [0, 0.1) is 5.92 Å². The van der Waals surface area contributed by atoms with Gasteiger partial charge in [-0.3, -0.25) is 9.69 Å². The Hall–Kier alpha value is -1.68. The Morgan fingerprint density at radius 2 is 2.24 bits per heavy atom. The fourth-order valence-corrected chi connectivity index (χ4v) is 3.28. The van der Waals surface area contributed by atoms with E-state index in [1.54, 1.807) is 6.92 Å². The summed E-state index contributed by atoms with van der Waals surface area (Å²) >= 11 is 0. The number of amides is 1. The van der Waals surface area contributed by atoms with Crippen LogP contribution in [-0.4, -0.2) is 49.4 Å². The predicted molar refractivity (Wildman–Crippen MR) is 70.4 cm³/mol. The Morgan fingerprint density at radius 1 is 1.52 bits per heavy atom. The number of hydrogen-bond acceptors (Lipinski definition) is 8. The number of aromatic nitrogens is 2. The number of ether oxygens (including phenoxy) is 1. The Kier molecular flexibility index (Phi) is 4.47. The molecule has 1 atom stereocenters. The van der Waals surface area contributed by atoms with Gasteiger partial charge in [-0.15, -0.1) is 0 Å². The molecule has 116 valence electrons. The van der Waals surface area contributed by atoms with Crippen molar-refractivity contribution in [3.05, 3.63) is 5.89 Å². The summed E-state index contributed by atoms with van der Waals surface area (Å²) in [6.07, 6.45) is 0.00305. The molecule has 0 radical (unpaired) electrons. The van der Waals surface area contributed by atoms with Gasteiger partial charge in [-0.2, -0.15) is 0 Å². The van der Waals surface area contributed by atoms with Gasteiger partial charge < -0.3 is 9.15 Å². The highest BCUT2D eigenvalue weighted by Crippen LogP contribution is 2.25. The molecule has 1 fully saturated rings. The number of halogens is 1. The van der Waals surface area contributed by atoms with Gasteiger partial charge in [0.1, 0.15) is 0 Å². The lowest BCUT2D eigenvalue weighted by Crippen LogP contribution is -2.25. The SMILES string of the molecule is CCOC(=O)c1nnc(N2CC(CS(=O)(=O)Cl)CC2=O)o1. The molecule has 1 aromatic rings. The molecule has 1 aliphatic rings. The summed E-state index contributed by atoms with van der Waals surface area (Å²) in [6, 6.07) is -0.169. The summed E-state index contributed by atoms with van der Waals surface area (Å²) in [5.74, 6) is -2.32. The lowest BCUT2D eigenvalue weighted by atomic mass is 10.1. The van der Waals surface area contributed by atoms with E-state index in [1.807, 2.05) is 0 Å². The highest BCUT2D eigenvalue weighted by atomic mass is 35.7. The second-order valence-electron chi connectivity index (χ2n) is 4.39. The molecule has 9 nitrogen and oxygen atoms in total. The van der Waals surface area contributed by atoms with Crippen LogP contribution in [0.4, 0.5) is 6.01 Å². The first-order valence-electron chi connectivity index (χ1n) is 6.03. The van der Waals surface area contributed by atoms with Crippen LogP contribution in [0.25, 0.3) is 0 Å². The molecule has 1 aliphatic heterocycles. The minimum atomic E-state index is -3.70. The van der Waals surface area contributed by atoms with E-state index in [9.17, 15) is 18.0 Å². The van der Waals surface area contributed by atoms with Gasteiger partial charge in [0.2, 0.25) is 15.0 Å². The monoisotopic (exact) mass is 337 g/mol. The summed E-state index contributed by atoms with van der Waals surface area (Å²) in [5, 5.41) is 7.07. The molecule has 0 N–H and O–H groups in total. The summed E-state index contributed by atoms with van der Waals surface area (Å²) in [6.45, 7) is 1.85. The highest BCUT2D eigenvalue weighted by Gasteiger charge is 2.36. The van der Waals surface area contributed by atoms with Gasteiger partial charge in [0.05, 0.1) is 12.4 Å². The number of nitrogens with zero attached hydrogens (tertiary/aromatic N) is 3. The topological polar surface area (TPSA) is 120 Å². The van der Waals surface area contributed by atoms with Gasteiger partial charge in [-0.25, -0.2) is 13.2 Å². The fourth-order valence-electron chi connectivity index (χ4n) is 1.96. The molecule has 1 amide bonds. The molecule has 0 aromatic carbocycles. The van der Waals surface area contributed by atoms with Crippen molar-refractivity contribution in [2.75, 3.05) is 23.8 Å². The third kappa shape index (κ3) is 3.91. The van der Waals surface area contributed by atoms with Gasteiger partial charge in [-0.05, 0) is 6.92 Å². The maximum Gasteiger partial charge on any atom is 0.396 e. The van der Waals surface area contributed by atoms with Gasteiger partial charge in [0.25, 0.3) is 0 Å². The zero-order valence-electron chi connectivity index (χ0n) is 11.0. The van der Waals surface area contributed by atoms with Crippen molar-refractivity contribution in [1.29, 1.82) is 0 Å². The van der Waals surface area contributed by atoms with E-state index >= 15 is 0 Å². The zero-order chi connectivity index (χ0) is 15.6. The molecule has 0 bridgehead atoms. The lowest BCUT2D eigenvalue weighted by Gasteiger charge is -2.10. The van der Waals surface area contributed by atoms with Crippen LogP contribution < -0.4 is 4.90 Å². The summed E-state index contributed by atoms with van der Waals surface area (Å²) in [7, 11) is 1.47. The molecule has 11 heteroatoms. The van der Waals surface area contributed by atoms with Gasteiger partial charge in [-0.1, -0.05) is 10.2 Å². The molecule has 0 saturated carbocycles. The van der Waals surface area contributed by atoms with Crippen LogP contribution in [0.2, 0.25) is 0 Å². The smallest absolute Gasteiger partial charge is 0.396 e. The molecule has 0 aliphatic carbocycles. The summed E-state index contributed by atoms with van der Waals surface area (Å²) < 4.78 is 31.8. The number of carbonyl (C=O) groups is 2. The average molecular weight is 338 g/mol. The predicted octanol–water partition coefficient (Wildman–Crippen LogP) is 0.168. The standard InChI is InChI=1S/C10H12ClN3O6S/c1-2-19-9(16)8-12-13-10(20-8)14-4-6(3-7(14)15)5-21(11,17)18/h6H,2-5H2,1H3. The Labute approximate surface area is 124 Å². The molecule has 1 unspecified atom stereocenters. The molecule has 1 saturated heterocycles. The minimum Gasteiger partial charge on any atom is -0.459 e. The Balaban J connectivity index is 2.09. The van der Waals surface area contributed by atoms with Crippen LogP contribution in [0.3, 0.4) is 0 Å². The minimum absolute atomic E-state index is 0.00305. The van der Waals surface area contributed by atoms with Crippen molar-refractivity contribution in [3.8, 4) is 0 Å². The quantitative estimate of drug-likeness (QED) is 0.550. The number of hydrogen-bond donors (Lipinski definition) is 0. The van der Waals surface area contributed by atoms with Crippen molar-refractivity contribution < 1.29 is 27.2 Å². The first-order valence-corrected chi connectivity index (χ1v) is 8.51. The molecular formula is C10H12ClN3O6S. The number of carbonyl (C=O) groups excluding carboxylic acids is 2. The summed E-state index contributed by atoms with van der Waals surface area (Å²) in [5.41, 5.74) is 0. The lowest BCUT2D eigenvalue weighted by molar-refractivity contribution is -0.117. The Morgan fingerprint density at radius 3 is 2.86 bits per heavy atom. The number of rotatable bonds is 5. The van der Waals surface area contributed by atoms with Gasteiger partial charge in [0.15, 0.2) is 0 Å². The molecule has 2 heterocycles. The largest absolute Gasteiger partial charge is 0.459 e. The van der Waals surface area contributed by atoms with E-state index in [0.717, 1.165) is 4.90 Å². The molecule has 2 rings (SSSR count). The molecule has 0 spiro atoms. The van der Waals surface area contributed by atoms with Crippen LogP contribution in [0.15, 0.2) is 4.42 Å². The normalized spacial score (nSPS) is 19.0. The Bertz CT molecular complexity index is 658.